The van der Waals surface area contributed by atoms with Crippen LogP contribution in [-0.4, -0.2) is 45.5 Å². The molecule has 0 bridgehead atoms. The van der Waals surface area contributed by atoms with Crippen molar-refractivity contribution in [3.63, 3.8) is 0 Å². The first-order chi connectivity index (χ1) is 13.0. The third-order valence-electron chi connectivity index (χ3n) is 4.23. The Morgan fingerprint density at radius 3 is 2.59 bits per heavy atom. The van der Waals surface area contributed by atoms with E-state index in [1.807, 2.05) is 42.8 Å². The number of rotatable bonds is 7. The molecule has 2 aromatic heterocycles. The maximum absolute atomic E-state index is 12.5. The van der Waals surface area contributed by atoms with Crippen LogP contribution in [0.25, 0.3) is 5.69 Å². The average molecular weight is 403 g/mol. The lowest BCUT2D eigenvalue weighted by Gasteiger charge is -2.16. The molecular formula is C19H22N4O2S2. The second-order valence-corrected chi connectivity index (χ2v) is 8.07. The van der Waals surface area contributed by atoms with E-state index in [0.29, 0.717) is 17.5 Å². The zero-order valence-electron chi connectivity index (χ0n) is 15.8. The lowest BCUT2D eigenvalue weighted by atomic mass is 10.3. The van der Waals surface area contributed by atoms with Crippen LogP contribution < -0.4 is 4.74 Å². The predicted molar refractivity (Wildman–Crippen MR) is 109 cm³/mol. The van der Waals surface area contributed by atoms with Crippen molar-refractivity contribution >= 4 is 29.0 Å². The summed E-state index contributed by atoms with van der Waals surface area (Å²) in [5.41, 5.74) is 2.16. The minimum Gasteiger partial charge on any atom is -0.497 e. The molecule has 6 nitrogen and oxygen atoms in total. The number of thioether (sulfide) groups is 1. The number of aryl methyl sites for hydroxylation is 2. The van der Waals surface area contributed by atoms with Crippen molar-refractivity contribution in [2.24, 2.45) is 0 Å². The zero-order valence-corrected chi connectivity index (χ0v) is 17.4. The lowest BCUT2D eigenvalue weighted by Crippen LogP contribution is -2.27. The molecule has 8 heteroatoms. The molecule has 1 amide bonds. The summed E-state index contributed by atoms with van der Waals surface area (Å²) in [6.45, 7) is 4.60. The van der Waals surface area contributed by atoms with Crippen molar-refractivity contribution in [1.82, 2.24) is 19.7 Å². The third kappa shape index (κ3) is 4.51. The number of carbonyl (C=O) groups excluding carboxylic acids is 1. The summed E-state index contributed by atoms with van der Waals surface area (Å²) < 4.78 is 7.15. The second kappa shape index (κ2) is 8.58. The third-order valence-corrected chi connectivity index (χ3v) is 6.15. The Morgan fingerprint density at radius 1 is 1.22 bits per heavy atom. The van der Waals surface area contributed by atoms with E-state index in [-0.39, 0.29) is 5.91 Å². The largest absolute Gasteiger partial charge is 0.497 e. The van der Waals surface area contributed by atoms with Gasteiger partial charge < -0.3 is 9.64 Å². The van der Waals surface area contributed by atoms with Crippen LogP contribution in [0.4, 0.5) is 0 Å². The van der Waals surface area contributed by atoms with E-state index in [9.17, 15) is 4.79 Å². The van der Waals surface area contributed by atoms with E-state index in [4.69, 9.17) is 4.74 Å². The molecule has 27 heavy (non-hydrogen) atoms. The number of methoxy groups -OCH3 is 1. The van der Waals surface area contributed by atoms with Crippen molar-refractivity contribution in [2.75, 3.05) is 19.9 Å². The first kappa shape index (κ1) is 19.4. The Bertz CT molecular complexity index is 918. The first-order valence-corrected chi connectivity index (χ1v) is 10.3. The van der Waals surface area contributed by atoms with Crippen molar-refractivity contribution in [1.29, 1.82) is 0 Å². The second-order valence-electron chi connectivity index (χ2n) is 6.13. The number of hydrogen-bond acceptors (Lipinski definition) is 6. The highest BCUT2D eigenvalue weighted by Crippen LogP contribution is 2.24. The molecule has 142 valence electrons. The highest BCUT2D eigenvalue weighted by atomic mass is 32.2. The fourth-order valence-electron chi connectivity index (χ4n) is 2.57. The number of aromatic nitrogens is 3. The van der Waals surface area contributed by atoms with Gasteiger partial charge in [-0.1, -0.05) is 11.8 Å². The van der Waals surface area contributed by atoms with Crippen molar-refractivity contribution in [2.45, 2.75) is 25.5 Å². The maximum atomic E-state index is 12.5. The summed E-state index contributed by atoms with van der Waals surface area (Å²) in [4.78, 5) is 15.5. The molecule has 3 rings (SSSR count). The summed E-state index contributed by atoms with van der Waals surface area (Å²) >= 11 is 3.07. The molecule has 0 fully saturated rings. The molecule has 0 atom stereocenters. The van der Waals surface area contributed by atoms with E-state index in [1.165, 1.54) is 22.2 Å². The van der Waals surface area contributed by atoms with Gasteiger partial charge in [-0.2, -0.15) is 0 Å². The zero-order chi connectivity index (χ0) is 19.4. The quantitative estimate of drug-likeness (QED) is 0.564. The molecule has 0 saturated heterocycles. The van der Waals surface area contributed by atoms with Crippen LogP contribution in [-0.2, 0) is 11.3 Å². The van der Waals surface area contributed by atoms with Crippen LogP contribution in [0.15, 0.2) is 40.9 Å². The lowest BCUT2D eigenvalue weighted by molar-refractivity contribution is -0.127. The molecule has 0 aliphatic rings. The monoisotopic (exact) mass is 402 g/mol. The molecule has 0 aliphatic carbocycles. The highest BCUT2D eigenvalue weighted by Gasteiger charge is 2.16. The predicted octanol–water partition coefficient (Wildman–Crippen LogP) is 3.70. The van der Waals surface area contributed by atoms with Crippen LogP contribution in [0.1, 0.15) is 16.3 Å². The number of hydrogen-bond donors (Lipinski definition) is 0. The fraction of sp³-hybridized carbons (Fsp3) is 0.316. The van der Waals surface area contributed by atoms with Gasteiger partial charge >= 0.3 is 0 Å². The van der Waals surface area contributed by atoms with Crippen LogP contribution in [0.3, 0.4) is 0 Å². The van der Waals surface area contributed by atoms with Gasteiger partial charge in [0.25, 0.3) is 0 Å². The highest BCUT2D eigenvalue weighted by molar-refractivity contribution is 7.99. The Balaban J connectivity index is 1.67. The first-order valence-electron chi connectivity index (χ1n) is 8.45. The summed E-state index contributed by atoms with van der Waals surface area (Å²) in [7, 11) is 3.47. The van der Waals surface area contributed by atoms with Crippen molar-refractivity contribution < 1.29 is 9.53 Å². The minimum atomic E-state index is 0.0646. The van der Waals surface area contributed by atoms with Gasteiger partial charge in [0.1, 0.15) is 11.6 Å². The molecule has 0 spiro atoms. The topological polar surface area (TPSA) is 60.2 Å². The molecule has 3 aromatic rings. The molecule has 0 N–H and O–H groups in total. The van der Waals surface area contributed by atoms with Crippen molar-refractivity contribution in [3.05, 3.63) is 52.0 Å². The molecule has 0 radical (unpaired) electrons. The summed E-state index contributed by atoms with van der Waals surface area (Å²) in [5, 5.41) is 11.2. The van der Waals surface area contributed by atoms with Crippen LogP contribution in [0, 0.1) is 13.8 Å². The standard InChI is InChI=1S/C19H22N4O2S2/c1-13-9-10-26-17(13)11-22(3)18(24)12-27-19-21-20-14(2)23(19)15-5-7-16(25-4)8-6-15/h5-10H,11-12H2,1-4H3. The molecule has 0 unspecified atom stereocenters. The molecular weight excluding hydrogens is 380 g/mol. The van der Waals surface area contributed by atoms with E-state index in [0.717, 1.165) is 17.3 Å². The normalized spacial score (nSPS) is 10.8. The molecule has 0 saturated carbocycles. The number of carbonyl (C=O) groups is 1. The Labute approximate surface area is 167 Å². The smallest absolute Gasteiger partial charge is 0.233 e. The molecule has 0 aliphatic heterocycles. The van der Waals surface area contributed by atoms with E-state index in [2.05, 4.69) is 28.6 Å². The Hall–Kier alpha value is -2.32. The van der Waals surface area contributed by atoms with E-state index >= 15 is 0 Å². The molecule has 2 heterocycles. The van der Waals surface area contributed by atoms with E-state index < -0.39 is 0 Å². The van der Waals surface area contributed by atoms with Crippen LogP contribution in [0.5, 0.6) is 5.75 Å². The molecule has 1 aromatic carbocycles. The Kier molecular flexibility index (Phi) is 6.18. The summed E-state index contributed by atoms with van der Waals surface area (Å²) in [5.74, 6) is 1.95. The fourth-order valence-corrected chi connectivity index (χ4v) is 4.47. The van der Waals surface area contributed by atoms with Crippen LogP contribution in [0.2, 0.25) is 0 Å². The summed E-state index contributed by atoms with van der Waals surface area (Å²) in [6, 6.07) is 9.77. The minimum absolute atomic E-state index is 0.0646. The van der Waals surface area contributed by atoms with Gasteiger partial charge in [0.05, 0.1) is 19.4 Å². The van der Waals surface area contributed by atoms with E-state index in [1.54, 1.807) is 23.3 Å². The van der Waals surface area contributed by atoms with Gasteiger partial charge in [-0.3, -0.25) is 9.36 Å². The van der Waals surface area contributed by atoms with Crippen molar-refractivity contribution in [3.8, 4) is 11.4 Å². The number of amides is 1. The van der Waals surface area contributed by atoms with Gasteiger partial charge in [-0.25, -0.2) is 0 Å². The van der Waals surface area contributed by atoms with Gasteiger partial charge in [0, 0.05) is 17.6 Å². The summed E-state index contributed by atoms with van der Waals surface area (Å²) in [6.07, 6.45) is 0. The number of thiophene rings is 1. The maximum Gasteiger partial charge on any atom is 0.233 e. The van der Waals surface area contributed by atoms with Gasteiger partial charge in [-0.05, 0) is 55.1 Å². The van der Waals surface area contributed by atoms with Crippen LogP contribution >= 0.6 is 23.1 Å². The number of nitrogens with zero attached hydrogens (tertiary/aromatic N) is 4. The van der Waals surface area contributed by atoms with Gasteiger partial charge in [-0.15, -0.1) is 21.5 Å². The van der Waals surface area contributed by atoms with Gasteiger partial charge in [0.2, 0.25) is 5.91 Å². The number of ether oxygens (including phenoxy) is 1. The Morgan fingerprint density at radius 2 is 1.96 bits per heavy atom. The SMILES string of the molecule is COc1ccc(-n2c(C)nnc2SCC(=O)N(C)Cc2sccc2C)cc1. The number of benzene rings is 1. The van der Waals surface area contributed by atoms with Gasteiger partial charge in [0.15, 0.2) is 5.16 Å². The average Bonchev–Trinajstić information content (AvgIpc) is 3.25.